The van der Waals surface area contributed by atoms with Crippen LogP contribution in [0, 0.1) is 0 Å². The van der Waals surface area contributed by atoms with Crippen molar-refractivity contribution >= 4 is 0 Å². The first-order chi connectivity index (χ1) is 4.34. The Balaban J connectivity index is 2.65. The maximum Gasteiger partial charge on any atom is 0.180 e. The monoisotopic (exact) mass is 130 g/mol. The minimum atomic E-state index is -1.38. The van der Waals surface area contributed by atoms with Crippen molar-refractivity contribution in [3.8, 4) is 0 Å². The molecular formula is C6H7FO2. The van der Waals surface area contributed by atoms with Crippen LogP contribution in [0.15, 0.2) is 22.8 Å². The Kier molecular flexibility index (Phi) is 1.85. The smallest absolute Gasteiger partial charge is 0.180 e. The van der Waals surface area contributed by atoms with E-state index < -0.39 is 12.8 Å². The van der Waals surface area contributed by atoms with Crippen LogP contribution in [0.4, 0.5) is 4.39 Å². The molecule has 1 aromatic heterocycles. The second-order valence-electron chi connectivity index (χ2n) is 1.67. The SMILES string of the molecule is OCC(F)c1ccco1. The summed E-state index contributed by atoms with van der Waals surface area (Å²) in [6, 6.07) is 3.07. The van der Waals surface area contributed by atoms with Crippen LogP contribution >= 0.6 is 0 Å². The third kappa shape index (κ3) is 1.29. The summed E-state index contributed by atoms with van der Waals surface area (Å²) < 4.78 is 17.0. The Morgan fingerprint density at radius 2 is 2.56 bits per heavy atom. The predicted octanol–water partition coefficient (Wildman–Crippen LogP) is 1.28. The van der Waals surface area contributed by atoms with Gasteiger partial charge in [-0.25, -0.2) is 4.39 Å². The molecule has 1 atom stereocenters. The second-order valence-corrected chi connectivity index (χ2v) is 1.67. The minimum absolute atomic E-state index is 0.178. The van der Waals surface area contributed by atoms with Gasteiger partial charge in [0.25, 0.3) is 0 Å². The van der Waals surface area contributed by atoms with E-state index in [9.17, 15) is 4.39 Å². The normalized spacial score (nSPS) is 13.6. The van der Waals surface area contributed by atoms with Crippen molar-refractivity contribution in [1.29, 1.82) is 0 Å². The Bertz CT molecular complexity index is 160. The first kappa shape index (κ1) is 6.29. The molecule has 2 nitrogen and oxygen atoms in total. The van der Waals surface area contributed by atoms with Crippen molar-refractivity contribution in [3.05, 3.63) is 24.2 Å². The fraction of sp³-hybridized carbons (Fsp3) is 0.333. The molecule has 0 amide bonds. The Morgan fingerprint density at radius 1 is 1.78 bits per heavy atom. The lowest BCUT2D eigenvalue weighted by Crippen LogP contribution is -1.93. The summed E-state index contributed by atoms with van der Waals surface area (Å²) in [7, 11) is 0. The first-order valence-corrected chi connectivity index (χ1v) is 2.63. The van der Waals surface area contributed by atoms with E-state index in [0.29, 0.717) is 0 Å². The van der Waals surface area contributed by atoms with Gasteiger partial charge in [-0.15, -0.1) is 0 Å². The molecule has 0 aliphatic heterocycles. The summed E-state index contributed by atoms with van der Waals surface area (Å²) >= 11 is 0. The molecule has 1 rings (SSSR count). The zero-order valence-corrected chi connectivity index (χ0v) is 4.75. The van der Waals surface area contributed by atoms with Crippen molar-refractivity contribution in [2.75, 3.05) is 6.61 Å². The van der Waals surface area contributed by atoms with Crippen LogP contribution in [0.1, 0.15) is 11.9 Å². The fourth-order valence-corrected chi connectivity index (χ4v) is 0.559. The average Bonchev–Trinajstić information content (AvgIpc) is 2.37. The molecule has 1 N–H and O–H groups in total. The summed E-state index contributed by atoms with van der Waals surface area (Å²) in [6.45, 7) is -0.520. The number of rotatable bonds is 2. The Labute approximate surface area is 51.9 Å². The number of hydrogen-bond acceptors (Lipinski definition) is 2. The van der Waals surface area contributed by atoms with E-state index >= 15 is 0 Å². The van der Waals surface area contributed by atoms with Gasteiger partial charge in [0, 0.05) is 0 Å². The lowest BCUT2D eigenvalue weighted by atomic mass is 10.3. The molecule has 3 heteroatoms. The van der Waals surface area contributed by atoms with Gasteiger partial charge in [-0.2, -0.15) is 0 Å². The van der Waals surface area contributed by atoms with Gasteiger partial charge in [-0.1, -0.05) is 0 Å². The van der Waals surface area contributed by atoms with Crippen molar-refractivity contribution < 1.29 is 13.9 Å². The van der Waals surface area contributed by atoms with E-state index in [1.165, 1.54) is 12.3 Å². The molecule has 0 aromatic carbocycles. The second kappa shape index (κ2) is 2.64. The van der Waals surface area contributed by atoms with Gasteiger partial charge in [-0.05, 0) is 12.1 Å². The van der Waals surface area contributed by atoms with Crippen molar-refractivity contribution in [1.82, 2.24) is 0 Å². The number of halogens is 1. The van der Waals surface area contributed by atoms with Crippen LogP contribution in [0.5, 0.6) is 0 Å². The molecule has 0 aliphatic rings. The van der Waals surface area contributed by atoms with Crippen LogP contribution in [0.3, 0.4) is 0 Å². The molecule has 50 valence electrons. The van der Waals surface area contributed by atoms with Crippen LogP contribution < -0.4 is 0 Å². The molecule has 0 radical (unpaired) electrons. The summed E-state index contributed by atoms with van der Waals surface area (Å²) in [5.74, 6) is 0.178. The third-order valence-corrected chi connectivity index (χ3v) is 1.01. The quantitative estimate of drug-likeness (QED) is 0.654. The highest BCUT2D eigenvalue weighted by Crippen LogP contribution is 2.15. The van der Waals surface area contributed by atoms with E-state index in [-0.39, 0.29) is 5.76 Å². The summed E-state index contributed by atoms with van der Waals surface area (Å²) in [5.41, 5.74) is 0. The van der Waals surface area contributed by atoms with Crippen molar-refractivity contribution in [2.24, 2.45) is 0 Å². The topological polar surface area (TPSA) is 33.4 Å². The lowest BCUT2D eigenvalue weighted by Gasteiger charge is -1.96. The number of hydrogen-bond donors (Lipinski definition) is 1. The zero-order valence-electron chi connectivity index (χ0n) is 4.75. The molecule has 0 aliphatic carbocycles. The van der Waals surface area contributed by atoms with Gasteiger partial charge >= 0.3 is 0 Å². The average molecular weight is 130 g/mol. The fourth-order valence-electron chi connectivity index (χ4n) is 0.559. The van der Waals surface area contributed by atoms with Crippen LogP contribution in [0.25, 0.3) is 0 Å². The maximum atomic E-state index is 12.4. The van der Waals surface area contributed by atoms with Crippen molar-refractivity contribution in [3.63, 3.8) is 0 Å². The van der Waals surface area contributed by atoms with Gasteiger partial charge in [0.15, 0.2) is 6.17 Å². The van der Waals surface area contributed by atoms with E-state index in [0.717, 1.165) is 0 Å². The molecule has 9 heavy (non-hydrogen) atoms. The molecule has 0 saturated carbocycles. The molecule has 1 unspecified atom stereocenters. The molecule has 0 bridgehead atoms. The van der Waals surface area contributed by atoms with Crippen LogP contribution in [-0.4, -0.2) is 11.7 Å². The van der Waals surface area contributed by atoms with E-state index in [2.05, 4.69) is 4.42 Å². The van der Waals surface area contributed by atoms with Gasteiger partial charge in [0.2, 0.25) is 0 Å². The van der Waals surface area contributed by atoms with Crippen LogP contribution in [0.2, 0.25) is 0 Å². The summed E-state index contributed by atoms with van der Waals surface area (Å²) in [6.07, 6.45) is -0.00241. The number of aliphatic hydroxyl groups excluding tert-OH is 1. The predicted molar refractivity (Wildman–Crippen MR) is 29.6 cm³/mol. The molecule has 0 fully saturated rings. The minimum Gasteiger partial charge on any atom is -0.466 e. The highest BCUT2D eigenvalue weighted by Gasteiger charge is 2.09. The number of aliphatic hydroxyl groups is 1. The number of alkyl halides is 1. The highest BCUT2D eigenvalue weighted by atomic mass is 19.1. The highest BCUT2D eigenvalue weighted by molar-refractivity contribution is 5.01. The largest absolute Gasteiger partial charge is 0.466 e. The van der Waals surface area contributed by atoms with Gasteiger partial charge in [-0.3, -0.25) is 0 Å². The maximum absolute atomic E-state index is 12.4. The van der Waals surface area contributed by atoms with E-state index in [4.69, 9.17) is 5.11 Å². The van der Waals surface area contributed by atoms with Crippen LogP contribution in [-0.2, 0) is 0 Å². The van der Waals surface area contributed by atoms with E-state index in [1.54, 1.807) is 6.07 Å². The van der Waals surface area contributed by atoms with Gasteiger partial charge in [0.1, 0.15) is 5.76 Å². The van der Waals surface area contributed by atoms with Gasteiger partial charge < -0.3 is 9.52 Å². The Hall–Kier alpha value is -0.830. The van der Waals surface area contributed by atoms with Gasteiger partial charge in [0.05, 0.1) is 12.9 Å². The summed E-state index contributed by atoms with van der Waals surface area (Å²) in [5, 5.41) is 8.27. The molecular weight excluding hydrogens is 123 g/mol. The lowest BCUT2D eigenvalue weighted by molar-refractivity contribution is 0.159. The Morgan fingerprint density at radius 3 is 3.00 bits per heavy atom. The van der Waals surface area contributed by atoms with E-state index in [1.807, 2.05) is 0 Å². The summed E-state index contributed by atoms with van der Waals surface area (Å²) in [4.78, 5) is 0. The third-order valence-electron chi connectivity index (χ3n) is 1.01. The number of furan rings is 1. The molecule has 1 aromatic rings. The first-order valence-electron chi connectivity index (χ1n) is 2.63. The molecule has 0 spiro atoms. The standard InChI is InChI=1S/C6H7FO2/c7-5(4-8)6-2-1-3-9-6/h1-3,5,8H,4H2. The molecule has 0 saturated heterocycles. The van der Waals surface area contributed by atoms with Crippen molar-refractivity contribution in [2.45, 2.75) is 6.17 Å². The zero-order chi connectivity index (χ0) is 6.69. The molecule has 1 heterocycles.